The first kappa shape index (κ1) is 40.6. The molecule has 1 saturated carbocycles. The Morgan fingerprint density at radius 3 is 2.20 bits per heavy atom. The molecule has 3 amide bonds. The summed E-state index contributed by atoms with van der Waals surface area (Å²) in [6, 6.07) is 9.30. The molecule has 2 aliphatic rings. The van der Waals surface area contributed by atoms with Gasteiger partial charge in [-0.3, -0.25) is 4.79 Å². The number of hydrogen-bond donors (Lipinski definition) is 3. The summed E-state index contributed by atoms with van der Waals surface area (Å²) >= 11 is 0. The third kappa shape index (κ3) is 17.6. The van der Waals surface area contributed by atoms with E-state index in [1.54, 1.807) is 0 Å². The van der Waals surface area contributed by atoms with Gasteiger partial charge in [0.2, 0.25) is 5.91 Å². The third-order valence-electron chi connectivity index (χ3n) is 9.21. The van der Waals surface area contributed by atoms with Gasteiger partial charge in [0.05, 0.1) is 12.1 Å². The fraction of sp³-hybridized carbons (Fsp3) is 0.769. The topological polar surface area (TPSA) is 124 Å². The first-order valence-corrected chi connectivity index (χ1v) is 19.0. The van der Waals surface area contributed by atoms with Crippen LogP contribution in [-0.4, -0.2) is 61.8 Å². The molecule has 0 aromatic heterocycles. The van der Waals surface area contributed by atoms with Crippen molar-refractivity contribution in [2.75, 3.05) is 19.7 Å². The van der Waals surface area contributed by atoms with E-state index in [0.29, 0.717) is 38.0 Å². The number of alkyl carbamates (subject to hydrolysis) is 2. The lowest BCUT2D eigenvalue weighted by molar-refractivity contribution is -0.198. The number of carbonyl (C=O) groups excluding carboxylic acids is 3. The number of unbranched alkanes of at least 4 members (excludes halogenated alkanes) is 2. The number of amides is 3. The van der Waals surface area contributed by atoms with Gasteiger partial charge in [0, 0.05) is 25.6 Å². The van der Waals surface area contributed by atoms with Gasteiger partial charge in [-0.25, -0.2) is 9.59 Å². The molecular formula is C39H65N3O7. The molecule has 1 heterocycles. The van der Waals surface area contributed by atoms with Crippen LogP contribution in [0.2, 0.25) is 0 Å². The Morgan fingerprint density at radius 2 is 1.55 bits per heavy atom. The Kier molecular flexibility index (Phi) is 18.3. The highest BCUT2D eigenvalue weighted by Crippen LogP contribution is 2.32. The van der Waals surface area contributed by atoms with Crippen LogP contribution in [0.4, 0.5) is 9.59 Å². The van der Waals surface area contributed by atoms with Crippen molar-refractivity contribution >= 4 is 18.1 Å². The van der Waals surface area contributed by atoms with Gasteiger partial charge in [-0.05, 0) is 96.0 Å². The number of hydrogen-bond acceptors (Lipinski definition) is 7. The van der Waals surface area contributed by atoms with Crippen molar-refractivity contribution in [1.82, 2.24) is 16.0 Å². The Balaban J connectivity index is 1.57. The number of carbonyl (C=O) groups is 3. The van der Waals surface area contributed by atoms with Crippen molar-refractivity contribution in [3.8, 4) is 0 Å². The maximum absolute atomic E-state index is 13.7. The summed E-state index contributed by atoms with van der Waals surface area (Å²) in [6.45, 7) is 11.9. The molecule has 1 unspecified atom stereocenters. The van der Waals surface area contributed by atoms with Crippen molar-refractivity contribution in [3.63, 3.8) is 0 Å². The van der Waals surface area contributed by atoms with Crippen molar-refractivity contribution in [2.45, 2.75) is 155 Å². The van der Waals surface area contributed by atoms with Gasteiger partial charge in [0.15, 0.2) is 6.29 Å². The Bertz CT molecular complexity index is 1080. The molecule has 2 fully saturated rings. The molecule has 10 heteroatoms. The van der Waals surface area contributed by atoms with Gasteiger partial charge in [-0.2, -0.15) is 0 Å². The highest BCUT2D eigenvalue weighted by molar-refractivity contribution is 5.78. The molecule has 1 aliphatic heterocycles. The fourth-order valence-electron chi connectivity index (χ4n) is 6.78. The Morgan fingerprint density at radius 1 is 0.857 bits per heavy atom. The fourth-order valence-corrected chi connectivity index (χ4v) is 6.78. The van der Waals surface area contributed by atoms with E-state index in [4.69, 9.17) is 18.9 Å². The average molecular weight is 688 g/mol. The Hall–Kier alpha value is -2.85. The van der Waals surface area contributed by atoms with Gasteiger partial charge in [-0.15, -0.1) is 0 Å². The smallest absolute Gasteiger partial charge is 0.407 e. The van der Waals surface area contributed by atoms with Crippen LogP contribution in [0.1, 0.15) is 130 Å². The maximum atomic E-state index is 13.7. The summed E-state index contributed by atoms with van der Waals surface area (Å²) < 4.78 is 23.7. The van der Waals surface area contributed by atoms with E-state index in [0.717, 1.165) is 69.8 Å². The quantitative estimate of drug-likeness (QED) is 0.126. The predicted octanol–water partition coefficient (Wildman–Crippen LogP) is 8.03. The summed E-state index contributed by atoms with van der Waals surface area (Å²) in [5, 5.41) is 9.17. The summed E-state index contributed by atoms with van der Waals surface area (Å²) in [7, 11) is 0. The van der Waals surface area contributed by atoms with Crippen LogP contribution in [0.5, 0.6) is 0 Å². The summed E-state index contributed by atoms with van der Waals surface area (Å²) in [6.07, 6.45) is 11.6. The average Bonchev–Trinajstić information content (AvgIpc) is 3.06. The van der Waals surface area contributed by atoms with E-state index in [-0.39, 0.29) is 36.9 Å². The van der Waals surface area contributed by atoms with Crippen molar-refractivity contribution in [1.29, 1.82) is 0 Å². The van der Waals surface area contributed by atoms with Gasteiger partial charge < -0.3 is 34.9 Å². The predicted molar refractivity (Wildman–Crippen MR) is 192 cm³/mol. The maximum Gasteiger partial charge on any atom is 0.407 e. The highest BCUT2D eigenvalue weighted by Gasteiger charge is 2.35. The lowest BCUT2D eigenvalue weighted by Gasteiger charge is -2.37. The molecule has 0 radical (unpaired) electrons. The van der Waals surface area contributed by atoms with Crippen LogP contribution in [0.25, 0.3) is 0 Å². The second kappa shape index (κ2) is 22.1. The van der Waals surface area contributed by atoms with Crippen LogP contribution in [0, 0.1) is 17.8 Å². The molecule has 4 atom stereocenters. The molecule has 1 aromatic rings. The number of benzene rings is 1. The van der Waals surface area contributed by atoms with Gasteiger partial charge >= 0.3 is 12.2 Å². The summed E-state index contributed by atoms with van der Waals surface area (Å²) in [5.41, 5.74) is 0.327. The molecule has 0 spiro atoms. The monoisotopic (exact) mass is 687 g/mol. The second-order valence-corrected chi connectivity index (χ2v) is 15.4. The standard InChI is InChI=1S/C39H65N3O7/c1-29(2)25-32(36(43)40-22-14-8-15-23-41-37(44)47-28-31-19-11-7-12-20-31)27-34(48-35-21-13-16-24-46-35)33(26-30-17-9-6-10-18-30)42-38(45)49-39(3,4)5/h7,11-12,19-20,29-30,32-35H,6,8-10,13-18,21-28H2,1-5H3,(H,40,43)(H,41,44)(H,42,45)/t32-,33+,34+,35?/m1/s1. The van der Waals surface area contributed by atoms with E-state index in [1.807, 2.05) is 51.1 Å². The molecule has 0 bridgehead atoms. The van der Waals surface area contributed by atoms with E-state index >= 15 is 0 Å². The third-order valence-corrected chi connectivity index (χ3v) is 9.21. The zero-order valence-corrected chi connectivity index (χ0v) is 30.9. The van der Waals surface area contributed by atoms with Crippen LogP contribution in [0.3, 0.4) is 0 Å². The Labute approximate surface area is 295 Å². The minimum absolute atomic E-state index is 0.0168. The van der Waals surface area contributed by atoms with Crippen molar-refractivity contribution in [2.24, 2.45) is 17.8 Å². The highest BCUT2D eigenvalue weighted by atomic mass is 16.7. The lowest BCUT2D eigenvalue weighted by Crippen LogP contribution is -2.50. The van der Waals surface area contributed by atoms with Crippen LogP contribution < -0.4 is 16.0 Å². The van der Waals surface area contributed by atoms with Crippen LogP contribution in [0.15, 0.2) is 30.3 Å². The van der Waals surface area contributed by atoms with E-state index in [2.05, 4.69) is 29.8 Å². The van der Waals surface area contributed by atoms with E-state index in [1.165, 1.54) is 19.3 Å². The van der Waals surface area contributed by atoms with Gasteiger partial charge in [0.25, 0.3) is 0 Å². The zero-order valence-electron chi connectivity index (χ0n) is 30.9. The molecular weight excluding hydrogens is 622 g/mol. The number of rotatable bonds is 19. The SMILES string of the molecule is CC(C)C[C@H](C[C@H](OC1CCCCO1)[C@H](CC1CCCCC1)NC(=O)OC(C)(C)C)C(=O)NCCCCCNC(=O)OCc1ccccc1. The normalized spacial score (nSPS) is 19.0. The molecule has 278 valence electrons. The minimum Gasteiger partial charge on any atom is -0.445 e. The summed E-state index contributed by atoms with van der Waals surface area (Å²) in [5.74, 6) is 0.544. The summed E-state index contributed by atoms with van der Waals surface area (Å²) in [4.78, 5) is 38.9. The molecule has 1 saturated heterocycles. The second-order valence-electron chi connectivity index (χ2n) is 15.4. The van der Waals surface area contributed by atoms with Crippen LogP contribution in [-0.2, 0) is 30.3 Å². The molecule has 49 heavy (non-hydrogen) atoms. The first-order chi connectivity index (χ1) is 23.5. The molecule has 10 nitrogen and oxygen atoms in total. The van der Waals surface area contributed by atoms with Gasteiger partial charge in [-0.1, -0.05) is 76.3 Å². The lowest BCUT2D eigenvalue weighted by atomic mass is 9.81. The number of nitrogens with one attached hydrogen (secondary N) is 3. The zero-order chi connectivity index (χ0) is 35.5. The first-order valence-electron chi connectivity index (χ1n) is 19.0. The number of ether oxygens (including phenoxy) is 4. The minimum atomic E-state index is -0.621. The molecule has 1 aromatic carbocycles. The van der Waals surface area contributed by atoms with Crippen LogP contribution >= 0.6 is 0 Å². The van der Waals surface area contributed by atoms with Crippen molar-refractivity contribution in [3.05, 3.63) is 35.9 Å². The largest absolute Gasteiger partial charge is 0.445 e. The molecule has 3 rings (SSSR count). The van der Waals surface area contributed by atoms with E-state index in [9.17, 15) is 14.4 Å². The molecule has 1 aliphatic carbocycles. The van der Waals surface area contributed by atoms with Crippen molar-refractivity contribution < 1.29 is 33.3 Å². The van der Waals surface area contributed by atoms with E-state index < -0.39 is 17.8 Å². The van der Waals surface area contributed by atoms with Gasteiger partial charge in [0.1, 0.15) is 12.2 Å². The molecule has 3 N–H and O–H groups in total.